The lowest BCUT2D eigenvalue weighted by Crippen LogP contribution is -2.43. The molecule has 1 fully saturated rings. The first-order valence-electron chi connectivity index (χ1n) is 6.71. The molecule has 0 spiro atoms. The average molecular weight is 212 g/mol. The first kappa shape index (κ1) is 13.0. The van der Waals surface area contributed by atoms with Crippen LogP contribution in [-0.4, -0.2) is 19.1 Å². The molecule has 1 heterocycles. The quantitative estimate of drug-likeness (QED) is 0.710. The molecule has 0 aromatic rings. The van der Waals surface area contributed by atoms with Crippen LogP contribution >= 0.6 is 0 Å². The van der Waals surface area contributed by atoms with Gasteiger partial charge in [0.2, 0.25) is 0 Å². The highest BCUT2D eigenvalue weighted by atomic mass is 14.9. The van der Waals surface area contributed by atoms with E-state index in [-0.39, 0.29) is 0 Å². The normalized spacial score (nSPS) is 26.2. The Balaban J connectivity index is 2.32. The summed E-state index contributed by atoms with van der Waals surface area (Å²) >= 11 is 0. The minimum atomic E-state index is 0.697. The van der Waals surface area contributed by atoms with Crippen LogP contribution in [0.2, 0.25) is 0 Å². The molecule has 2 heteroatoms. The van der Waals surface area contributed by atoms with E-state index < -0.39 is 0 Å². The van der Waals surface area contributed by atoms with E-state index in [4.69, 9.17) is 5.73 Å². The molecule has 0 amide bonds. The van der Waals surface area contributed by atoms with Gasteiger partial charge in [-0.15, -0.1) is 0 Å². The largest absolute Gasteiger partial charge is 0.330 e. The van der Waals surface area contributed by atoms with Gasteiger partial charge in [-0.3, -0.25) is 0 Å². The summed E-state index contributed by atoms with van der Waals surface area (Å²) in [5, 5.41) is 3.64. The Labute approximate surface area is 95.0 Å². The smallest absolute Gasteiger partial charge is 0.0107 e. The fraction of sp³-hybridized carbons (Fsp3) is 1.00. The highest BCUT2D eigenvalue weighted by Gasteiger charge is 2.23. The van der Waals surface area contributed by atoms with Crippen LogP contribution in [0.3, 0.4) is 0 Å². The van der Waals surface area contributed by atoms with E-state index in [0.29, 0.717) is 12.0 Å². The Bertz CT molecular complexity index is 153. The molecular weight excluding hydrogens is 184 g/mol. The maximum atomic E-state index is 5.91. The monoisotopic (exact) mass is 212 g/mol. The molecule has 1 aliphatic heterocycles. The first-order valence-corrected chi connectivity index (χ1v) is 6.71. The highest BCUT2D eigenvalue weighted by molar-refractivity contribution is 4.81. The Kier molecular flexibility index (Phi) is 6.26. The van der Waals surface area contributed by atoms with Crippen LogP contribution in [-0.2, 0) is 0 Å². The second-order valence-corrected chi connectivity index (χ2v) is 5.18. The van der Waals surface area contributed by atoms with Crippen LogP contribution in [0.15, 0.2) is 0 Å². The highest BCUT2D eigenvalue weighted by Crippen LogP contribution is 2.23. The van der Waals surface area contributed by atoms with E-state index in [0.717, 1.165) is 12.5 Å². The van der Waals surface area contributed by atoms with Crippen LogP contribution < -0.4 is 11.1 Å². The number of hydrogen-bond donors (Lipinski definition) is 2. The predicted molar refractivity (Wildman–Crippen MR) is 66.9 cm³/mol. The van der Waals surface area contributed by atoms with Gasteiger partial charge in [-0.05, 0) is 44.2 Å². The molecule has 0 saturated carbocycles. The number of nitrogens with two attached hydrogens (primary N) is 1. The van der Waals surface area contributed by atoms with Crippen molar-refractivity contribution in [3.63, 3.8) is 0 Å². The van der Waals surface area contributed by atoms with E-state index in [9.17, 15) is 0 Å². The number of rotatable bonds is 6. The molecule has 1 saturated heterocycles. The van der Waals surface area contributed by atoms with Crippen molar-refractivity contribution in [3.05, 3.63) is 0 Å². The minimum Gasteiger partial charge on any atom is -0.330 e. The molecule has 1 aliphatic rings. The Morgan fingerprint density at radius 2 is 2.20 bits per heavy atom. The van der Waals surface area contributed by atoms with Crippen LogP contribution in [0.5, 0.6) is 0 Å². The second kappa shape index (κ2) is 7.24. The van der Waals surface area contributed by atoms with Crippen molar-refractivity contribution in [2.75, 3.05) is 13.1 Å². The molecule has 0 bridgehead atoms. The van der Waals surface area contributed by atoms with Crippen molar-refractivity contribution in [2.24, 2.45) is 17.6 Å². The summed E-state index contributed by atoms with van der Waals surface area (Å²) in [7, 11) is 0. The van der Waals surface area contributed by atoms with E-state index in [2.05, 4.69) is 19.2 Å². The topological polar surface area (TPSA) is 38.0 Å². The lowest BCUT2D eigenvalue weighted by molar-refractivity contribution is 0.254. The van der Waals surface area contributed by atoms with Gasteiger partial charge in [0.05, 0.1) is 0 Å². The van der Waals surface area contributed by atoms with Crippen LogP contribution in [0.4, 0.5) is 0 Å². The van der Waals surface area contributed by atoms with Crippen LogP contribution in [0, 0.1) is 11.8 Å². The molecule has 0 aliphatic carbocycles. The lowest BCUT2D eigenvalue weighted by Gasteiger charge is -2.32. The van der Waals surface area contributed by atoms with Gasteiger partial charge >= 0.3 is 0 Å². The molecule has 15 heavy (non-hydrogen) atoms. The van der Waals surface area contributed by atoms with Crippen molar-refractivity contribution >= 4 is 0 Å². The van der Waals surface area contributed by atoms with Gasteiger partial charge in [0.1, 0.15) is 0 Å². The first-order chi connectivity index (χ1) is 7.27. The van der Waals surface area contributed by atoms with Crippen molar-refractivity contribution in [2.45, 2.75) is 58.4 Å². The van der Waals surface area contributed by atoms with Gasteiger partial charge < -0.3 is 11.1 Å². The van der Waals surface area contributed by atoms with Gasteiger partial charge in [0, 0.05) is 6.04 Å². The lowest BCUT2D eigenvalue weighted by atomic mass is 9.84. The third kappa shape index (κ3) is 4.52. The van der Waals surface area contributed by atoms with Gasteiger partial charge in [0.15, 0.2) is 0 Å². The summed E-state index contributed by atoms with van der Waals surface area (Å²) in [5.74, 6) is 1.54. The summed E-state index contributed by atoms with van der Waals surface area (Å²) in [5.41, 5.74) is 5.91. The van der Waals surface area contributed by atoms with Crippen LogP contribution in [0.1, 0.15) is 52.4 Å². The Hall–Kier alpha value is -0.0800. The zero-order chi connectivity index (χ0) is 11.1. The molecule has 1 rings (SSSR count). The molecule has 0 unspecified atom stereocenters. The van der Waals surface area contributed by atoms with Gasteiger partial charge in [0.25, 0.3) is 0 Å². The number of nitrogens with one attached hydrogen (secondary N) is 1. The number of piperidine rings is 1. The summed E-state index contributed by atoms with van der Waals surface area (Å²) < 4.78 is 0. The van der Waals surface area contributed by atoms with Crippen LogP contribution in [0.25, 0.3) is 0 Å². The van der Waals surface area contributed by atoms with Gasteiger partial charge in [-0.2, -0.15) is 0 Å². The van der Waals surface area contributed by atoms with Gasteiger partial charge in [-0.25, -0.2) is 0 Å². The molecule has 0 aromatic heterocycles. The molecule has 2 nitrogen and oxygen atoms in total. The van der Waals surface area contributed by atoms with Gasteiger partial charge in [-0.1, -0.05) is 33.1 Å². The molecule has 3 N–H and O–H groups in total. The third-order valence-corrected chi connectivity index (χ3v) is 3.71. The maximum Gasteiger partial charge on any atom is 0.0107 e. The van der Waals surface area contributed by atoms with Crippen molar-refractivity contribution in [1.82, 2.24) is 5.32 Å². The third-order valence-electron chi connectivity index (χ3n) is 3.71. The summed E-state index contributed by atoms with van der Waals surface area (Å²) in [6, 6.07) is 0.697. The fourth-order valence-electron chi connectivity index (χ4n) is 2.83. The zero-order valence-electron chi connectivity index (χ0n) is 10.5. The standard InChI is InChI=1S/C13H28N2/c1-3-6-11(2)9-12(10-14)13-7-4-5-8-15-13/h11-13,15H,3-10,14H2,1-2H3/t11-,12-,13+/m1/s1. The second-order valence-electron chi connectivity index (χ2n) is 5.18. The SMILES string of the molecule is CCC[C@@H](C)C[C@H](CN)[C@@H]1CCCCN1. The summed E-state index contributed by atoms with van der Waals surface area (Å²) in [6.07, 6.45) is 8.02. The van der Waals surface area contributed by atoms with E-state index in [1.54, 1.807) is 0 Å². The minimum absolute atomic E-state index is 0.697. The summed E-state index contributed by atoms with van der Waals surface area (Å²) in [6.45, 7) is 6.69. The fourth-order valence-corrected chi connectivity index (χ4v) is 2.83. The predicted octanol–water partition coefficient (Wildman–Crippen LogP) is 2.53. The van der Waals surface area contributed by atoms with Crippen molar-refractivity contribution < 1.29 is 0 Å². The van der Waals surface area contributed by atoms with E-state index in [1.165, 1.54) is 45.1 Å². The Morgan fingerprint density at radius 3 is 2.73 bits per heavy atom. The molecule has 0 radical (unpaired) electrons. The Morgan fingerprint density at radius 1 is 1.40 bits per heavy atom. The molecule has 90 valence electrons. The molecule has 3 atom stereocenters. The average Bonchev–Trinajstić information content (AvgIpc) is 2.27. The maximum absolute atomic E-state index is 5.91. The summed E-state index contributed by atoms with van der Waals surface area (Å²) in [4.78, 5) is 0. The van der Waals surface area contributed by atoms with Crippen molar-refractivity contribution in [3.8, 4) is 0 Å². The zero-order valence-corrected chi connectivity index (χ0v) is 10.5. The molecular formula is C13H28N2. The van der Waals surface area contributed by atoms with Crippen molar-refractivity contribution in [1.29, 1.82) is 0 Å². The van der Waals surface area contributed by atoms with E-state index >= 15 is 0 Å². The molecule has 0 aromatic carbocycles. The van der Waals surface area contributed by atoms with E-state index in [1.807, 2.05) is 0 Å². The number of hydrogen-bond acceptors (Lipinski definition) is 2.